The molecule has 0 radical (unpaired) electrons. The van der Waals surface area contributed by atoms with Gasteiger partial charge in [-0.2, -0.15) is 46.7 Å². The molecule has 0 aliphatic heterocycles. The van der Waals surface area contributed by atoms with Crippen molar-refractivity contribution in [2.45, 2.75) is 161 Å². The molecule has 0 spiro atoms. The number of benzene rings is 3. The third kappa shape index (κ3) is 25.1. The van der Waals surface area contributed by atoms with Crippen LogP contribution in [0.3, 0.4) is 0 Å². The van der Waals surface area contributed by atoms with Crippen molar-refractivity contribution in [3.8, 4) is 11.4 Å². The number of hydrogen-bond donors (Lipinski definition) is 5. The van der Waals surface area contributed by atoms with Gasteiger partial charge in [-0.25, -0.2) is 45.3 Å². The molecule has 1 atom stereocenters. The van der Waals surface area contributed by atoms with E-state index in [1.54, 1.807) is 133 Å². The minimum absolute atomic E-state index is 0. The molecular weight excluding hydrogens is 1290 g/mol. The van der Waals surface area contributed by atoms with Crippen LogP contribution in [-0.2, 0) is 101 Å². The van der Waals surface area contributed by atoms with Crippen molar-refractivity contribution in [2.24, 2.45) is 34.1 Å². The number of carbonyl (C=O) groups is 1. The highest BCUT2D eigenvalue weighted by atomic mass is 32.3. The fraction of sp³-hybridized carbons (Fsp3) is 0.433. The summed E-state index contributed by atoms with van der Waals surface area (Å²) < 4.78 is 183. The number of aromatic nitrogens is 10. The van der Waals surface area contributed by atoms with Gasteiger partial charge >= 0.3 is 10.4 Å². The average Bonchev–Trinajstić information content (AvgIpc) is 1.07. The zero-order valence-electron chi connectivity index (χ0n) is 52.3. The summed E-state index contributed by atoms with van der Waals surface area (Å²) in [5.41, 5.74) is 2.79. The topological polar surface area (TPSA) is 342 Å². The predicted molar refractivity (Wildman–Crippen MR) is 345 cm³/mol. The van der Waals surface area contributed by atoms with Crippen LogP contribution in [0, 0.1) is 5.92 Å². The number of carbonyl (C=O) groups excluding carboxylic acids is 1. The van der Waals surface area contributed by atoms with Gasteiger partial charge in [-0.05, 0) is 85.5 Å². The van der Waals surface area contributed by atoms with Crippen molar-refractivity contribution in [1.82, 2.24) is 22.8 Å². The second-order valence-corrected chi connectivity index (χ2v) is 29.2. The first-order valence-electron chi connectivity index (χ1n) is 27.5. The third-order valence-electron chi connectivity index (χ3n) is 13.1. The number of Topliss-reactive ketones (excluding diaryl/α,β-unsaturated/α-hetero) is 1. The summed E-state index contributed by atoms with van der Waals surface area (Å²) in [7, 11) is -15.2. The van der Waals surface area contributed by atoms with Gasteiger partial charge in [-0.1, -0.05) is 95.9 Å². The molecule has 0 aliphatic carbocycles. The second-order valence-electron chi connectivity index (χ2n) is 22.6. The number of ketones is 1. The van der Waals surface area contributed by atoms with Crippen LogP contribution in [-0.4, -0.2) is 93.5 Å². The molecule has 5 heterocycles. The van der Waals surface area contributed by atoms with Crippen LogP contribution in [0.4, 0.5) is 0 Å². The summed E-state index contributed by atoms with van der Waals surface area (Å²) >= 11 is 0. The van der Waals surface area contributed by atoms with E-state index < -0.39 is 66.9 Å². The molecule has 8 rings (SSSR count). The number of rotatable bonds is 18. The van der Waals surface area contributed by atoms with Crippen LogP contribution in [0.15, 0.2) is 162 Å². The highest BCUT2D eigenvalue weighted by molar-refractivity contribution is 7.87. The first-order valence-corrected chi connectivity index (χ1v) is 34.7. The third-order valence-corrected chi connectivity index (χ3v) is 17.1. The lowest BCUT2D eigenvalue weighted by atomic mass is 10.0. The van der Waals surface area contributed by atoms with E-state index in [9.17, 15) is 65.1 Å². The van der Waals surface area contributed by atoms with Gasteiger partial charge in [0.05, 0.1) is 34.2 Å². The van der Waals surface area contributed by atoms with Gasteiger partial charge in [-0.15, -0.1) is 0 Å². The van der Waals surface area contributed by atoms with Crippen molar-refractivity contribution < 1.29 is 96.7 Å². The molecule has 1 unspecified atom stereocenters. The van der Waals surface area contributed by atoms with E-state index in [0.717, 1.165) is 11.1 Å². The van der Waals surface area contributed by atoms with E-state index in [4.69, 9.17) is 4.55 Å². The molecule has 0 saturated carbocycles. The zero-order valence-corrected chi connectivity index (χ0v) is 56.4. The van der Waals surface area contributed by atoms with Crippen LogP contribution in [0.1, 0.15) is 151 Å². The van der Waals surface area contributed by atoms with Gasteiger partial charge in [0.2, 0.25) is 37.9 Å². The lowest BCUT2D eigenvalue weighted by Gasteiger charge is -2.15. The zero-order chi connectivity index (χ0) is 67.5. The largest absolute Gasteiger partial charge is 0.401 e. The minimum Gasteiger partial charge on any atom is -0.296 e. The fourth-order valence-electron chi connectivity index (χ4n) is 8.48. The molecule has 0 aliphatic rings. The Bertz CT molecular complexity index is 4260. The Morgan fingerprint density at radius 1 is 0.478 bits per heavy atom. The number of nitrogens with zero attached hydrogens (tertiary/aromatic N) is 10. The van der Waals surface area contributed by atoms with E-state index in [1.165, 1.54) is 35.3 Å². The predicted octanol–water partition coefficient (Wildman–Crippen LogP) is 7.46. The Morgan fingerprint density at radius 2 is 0.891 bits per heavy atom. The molecule has 0 amide bonds. The smallest absolute Gasteiger partial charge is 0.296 e. The van der Waals surface area contributed by atoms with Crippen LogP contribution in [0.2, 0.25) is 0 Å². The van der Waals surface area contributed by atoms with Crippen molar-refractivity contribution in [2.75, 3.05) is 0 Å². The SMILES string of the molecule is C.C.C.CC(=O)C[n+]1ccn(C(C)C)c1.CC(C)C(OS(=O)(=O)O)n1cc[n+](C)c1.CC(C)c1cc(S(=O)(=O)O)c(-n2cc[n+](C)c2)c(S(=O)(=O)O)c1.CC(C)c1ccc(-n2cc[n+](C)c2)c(S(=O)(=O)O)c1.CC(C)c1ccc(Cn2cc[n+](C)c2)c(S(=O)(=O)O)c1. The standard InChI is InChI=1S/C14H18N2O3S.C13H16N2O6S2.C13H16N2O3S.C9H15N2O.C8H14N2O4S.3CH4/c1-11(2)12-4-5-13(14(8-12)20(17,18)19)9-16-7-6-15(3)10-16;1-9(2)10-6-11(22(16,17)18)13(12(7-10)23(19,20)21)15-5-4-14(3)8-15;1-10(2)11-4-5-12(13(8-11)19(16,17)18)15-7-6-14(3)9-15;1-8(2)11-5-4-10(7-11)6-9(3)12;1-7(2)8(14-15(11,12)13)10-5-4-9(3)6-10;;;/h4-8,10-11H,9H2,1-3H3;4-9H,1-3H3,(H-,16,17,18,19,20,21);4-10H,1-3H3;4-5,7-8H,6H2,1-3H3;4-8H,1-3H3;3*1H4/q;;;+1;;;;/p+4. The Hall–Kier alpha value is -7.11. The van der Waals surface area contributed by atoms with E-state index >= 15 is 0 Å². The maximum absolute atomic E-state index is 11.7. The Morgan fingerprint density at radius 3 is 1.26 bits per heavy atom. The summed E-state index contributed by atoms with van der Waals surface area (Å²) in [6, 6.07) is 13.2. The summed E-state index contributed by atoms with van der Waals surface area (Å²) in [4.78, 5) is 9.49. The number of imidazole rings is 5. The summed E-state index contributed by atoms with van der Waals surface area (Å²) in [6.07, 6.45) is 25.4. The van der Waals surface area contributed by atoms with Crippen LogP contribution in [0.5, 0.6) is 0 Å². The monoisotopic (exact) mass is 1390 g/mol. The molecule has 0 fully saturated rings. The highest BCUT2D eigenvalue weighted by Crippen LogP contribution is 2.32. The normalized spacial score (nSPS) is 12.1. The first kappa shape index (κ1) is 82.9. The van der Waals surface area contributed by atoms with E-state index in [0.29, 0.717) is 35.9 Å². The average molecular weight is 1390 g/mol. The molecule has 8 aromatic rings. The van der Waals surface area contributed by atoms with E-state index in [-0.39, 0.29) is 67.2 Å². The molecule has 0 bridgehead atoms. The van der Waals surface area contributed by atoms with Gasteiger partial charge in [0, 0.05) is 11.5 Å². The molecule has 5 aromatic heterocycles. The van der Waals surface area contributed by atoms with Crippen LogP contribution < -0.4 is 22.8 Å². The van der Waals surface area contributed by atoms with E-state index in [2.05, 4.69) is 22.6 Å². The number of hydrogen-bond acceptors (Lipinski definition) is 12. The summed E-state index contributed by atoms with van der Waals surface area (Å²) in [5.74, 6) is 0.274. The maximum Gasteiger partial charge on any atom is 0.401 e. The van der Waals surface area contributed by atoms with Crippen molar-refractivity contribution >= 4 is 56.7 Å². The molecule has 27 nitrogen and oxygen atoms in total. The molecular formula is C60H95N10O17S5+5. The van der Waals surface area contributed by atoms with Gasteiger partial charge < -0.3 is 0 Å². The Kier molecular flexibility index (Phi) is 30.8. The van der Waals surface area contributed by atoms with Crippen LogP contribution in [0.25, 0.3) is 11.4 Å². The highest BCUT2D eigenvalue weighted by Gasteiger charge is 2.32. The van der Waals surface area contributed by atoms with Gasteiger partial charge in [0.15, 0.2) is 17.2 Å². The summed E-state index contributed by atoms with van der Waals surface area (Å²) in [5, 5.41) is 0. The molecule has 32 heteroatoms. The van der Waals surface area contributed by atoms with Crippen LogP contribution >= 0.6 is 0 Å². The first-order chi connectivity index (χ1) is 40.9. The maximum atomic E-state index is 11.7. The quantitative estimate of drug-likeness (QED) is 0.0411. The van der Waals surface area contributed by atoms with Crippen molar-refractivity contribution in [3.63, 3.8) is 0 Å². The molecule has 0 saturated heterocycles. The lowest BCUT2D eigenvalue weighted by molar-refractivity contribution is -0.683. The van der Waals surface area contributed by atoms with Crippen molar-refractivity contribution in [1.29, 1.82) is 0 Å². The molecule has 3 aromatic carbocycles. The van der Waals surface area contributed by atoms with Gasteiger partial charge in [0.1, 0.15) is 94.6 Å². The van der Waals surface area contributed by atoms with Gasteiger partial charge in [0.25, 0.3) is 40.5 Å². The molecule has 92 heavy (non-hydrogen) atoms. The summed E-state index contributed by atoms with van der Waals surface area (Å²) in [6.45, 7) is 21.6. The molecule has 5 N–H and O–H groups in total. The minimum atomic E-state index is -4.72. The Balaban J connectivity index is 0.000000579. The van der Waals surface area contributed by atoms with E-state index in [1.807, 2.05) is 105 Å². The fourth-order valence-corrected chi connectivity index (χ4v) is 12.1. The Labute approximate surface area is 544 Å². The lowest BCUT2D eigenvalue weighted by Crippen LogP contribution is -2.34. The molecule has 512 valence electrons. The second kappa shape index (κ2) is 34.2. The van der Waals surface area contributed by atoms with Crippen molar-refractivity contribution in [3.05, 3.63) is 164 Å². The van der Waals surface area contributed by atoms with Gasteiger partial charge in [-0.3, -0.25) is 27.6 Å². The number of aryl methyl sites for hydroxylation is 4.